The molecule has 1 atom stereocenters. The quantitative estimate of drug-likeness (QED) is 0.640. The summed E-state index contributed by atoms with van der Waals surface area (Å²) in [4.78, 5) is 4.46. The number of hydrogen-bond acceptors (Lipinski definition) is 6. The molecule has 0 bridgehead atoms. The molecule has 0 radical (unpaired) electrons. The first-order valence-electron chi connectivity index (χ1n) is 8.69. The van der Waals surface area contributed by atoms with E-state index in [1.807, 2.05) is 43.1 Å². The van der Waals surface area contributed by atoms with Crippen molar-refractivity contribution in [1.29, 1.82) is 0 Å². The summed E-state index contributed by atoms with van der Waals surface area (Å²) in [5.74, 6) is 3.66. The summed E-state index contributed by atoms with van der Waals surface area (Å²) >= 11 is 1.97. The van der Waals surface area contributed by atoms with Crippen LogP contribution in [0, 0.1) is 0 Å². The SMILES string of the molecule is C=CCN(C)Cc1ccc(OC[C@@H](O)CN2CCSCC2)c(OC)c1. The lowest BCUT2D eigenvalue weighted by Crippen LogP contribution is -2.40. The molecule has 1 heterocycles. The standard InChI is InChI=1S/C19H30N2O3S/c1-4-7-20(2)13-16-5-6-18(19(12-16)23-3)24-15-17(22)14-21-8-10-25-11-9-21/h4-6,12,17,22H,1,7-11,13-15H2,2-3H3/t17-/m0/s1. The zero-order valence-electron chi connectivity index (χ0n) is 15.3. The summed E-state index contributed by atoms with van der Waals surface area (Å²) in [5, 5.41) is 10.2. The Morgan fingerprint density at radius 2 is 2.12 bits per heavy atom. The van der Waals surface area contributed by atoms with Gasteiger partial charge in [-0.15, -0.1) is 6.58 Å². The smallest absolute Gasteiger partial charge is 0.161 e. The van der Waals surface area contributed by atoms with Crippen molar-refractivity contribution >= 4 is 11.8 Å². The molecule has 0 spiro atoms. The van der Waals surface area contributed by atoms with Crippen LogP contribution >= 0.6 is 11.8 Å². The minimum atomic E-state index is -0.494. The molecule has 1 fully saturated rings. The maximum Gasteiger partial charge on any atom is 0.161 e. The molecule has 0 aliphatic carbocycles. The first kappa shape index (κ1) is 20.1. The molecule has 0 amide bonds. The van der Waals surface area contributed by atoms with E-state index in [0.717, 1.165) is 43.2 Å². The van der Waals surface area contributed by atoms with Gasteiger partial charge in [-0.3, -0.25) is 9.80 Å². The van der Waals surface area contributed by atoms with E-state index in [2.05, 4.69) is 16.4 Å². The number of benzene rings is 1. The number of nitrogens with zero attached hydrogens (tertiary/aromatic N) is 2. The fraction of sp³-hybridized carbons (Fsp3) is 0.579. The third kappa shape index (κ3) is 6.90. The lowest BCUT2D eigenvalue weighted by Gasteiger charge is -2.28. The van der Waals surface area contributed by atoms with Crippen LogP contribution in [0.1, 0.15) is 5.56 Å². The molecule has 0 unspecified atom stereocenters. The molecule has 1 saturated heterocycles. The van der Waals surface area contributed by atoms with Gasteiger partial charge in [0.1, 0.15) is 12.7 Å². The highest BCUT2D eigenvalue weighted by Crippen LogP contribution is 2.28. The molecule has 2 rings (SSSR count). The molecule has 140 valence electrons. The van der Waals surface area contributed by atoms with Gasteiger partial charge >= 0.3 is 0 Å². The van der Waals surface area contributed by atoms with E-state index in [9.17, 15) is 5.11 Å². The Labute approximate surface area is 155 Å². The number of hydrogen-bond donors (Lipinski definition) is 1. The second-order valence-corrected chi connectivity index (χ2v) is 7.57. The first-order chi connectivity index (χ1) is 12.1. The summed E-state index contributed by atoms with van der Waals surface area (Å²) in [6.45, 7) is 8.42. The van der Waals surface area contributed by atoms with E-state index in [4.69, 9.17) is 9.47 Å². The van der Waals surface area contributed by atoms with Gasteiger partial charge in [0, 0.05) is 44.2 Å². The van der Waals surface area contributed by atoms with Crippen LogP contribution in [0.3, 0.4) is 0 Å². The zero-order valence-corrected chi connectivity index (χ0v) is 16.1. The topological polar surface area (TPSA) is 45.2 Å². The molecule has 5 nitrogen and oxygen atoms in total. The van der Waals surface area contributed by atoms with E-state index in [1.54, 1.807) is 7.11 Å². The van der Waals surface area contributed by atoms with Gasteiger partial charge in [0.05, 0.1) is 7.11 Å². The third-order valence-corrected chi connectivity index (χ3v) is 5.07. The molecule has 1 N–H and O–H groups in total. The molecule has 6 heteroatoms. The number of aliphatic hydroxyl groups excluding tert-OH is 1. The van der Waals surface area contributed by atoms with Gasteiger partial charge < -0.3 is 14.6 Å². The van der Waals surface area contributed by atoms with Crippen molar-refractivity contribution in [3.63, 3.8) is 0 Å². The normalized spacial score (nSPS) is 16.6. The van der Waals surface area contributed by atoms with E-state index in [1.165, 1.54) is 0 Å². The Balaban J connectivity index is 1.86. The fourth-order valence-electron chi connectivity index (χ4n) is 2.85. The molecule has 0 aromatic heterocycles. The van der Waals surface area contributed by atoms with Gasteiger partial charge in [-0.1, -0.05) is 12.1 Å². The van der Waals surface area contributed by atoms with Gasteiger partial charge in [0.15, 0.2) is 11.5 Å². The molecule has 1 aliphatic heterocycles. The second-order valence-electron chi connectivity index (χ2n) is 6.35. The highest BCUT2D eigenvalue weighted by Gasteiger charge is 2.16. The number of thioether (sulfide) groups is 1. The molecule has 0 saturated carbocycles. The highest BCUT2D eigenvalue weighted by molar-refractivity contribution is 7.99. The molecule has 25 heavy (non-hydrogen) atoms. The maximum atomic E-state index is 10.2. The number of likely N-dealkylation sites (N-methyl/N-ethyl adjacent to an activating group) is 1. The Bertz CT molecular complexity index is 535. The lowest BCUT2D eigenvalue weighted by molar-refractivity contribution is 0.0705. The van der Waals surface area contributed by atoms with E-state index in [0.29, 0.717) is 18.0 Å². The number of ether oxygens (including phenoxy) is 2. The van der Waals surface area contributed by atoms with E-state index < -0.39 is 6.10 Å². The molecular weight excluding hydrogens is 336 g/mol. The summed E-state index contributed by atoms with van der Waals surface area (Å²) in [5.41, 5.74) is 1.15. The Kier molecular flexibility index (Phi) is 8.61. The fourth-order valence-corrected chi connectivity index (χ4v) is 3.83. The van der Waals surface area contributed by atoms with Gasteiger partial charge in [-0.2, -0.15) is 11.8 Å². The van der Waals surface area contributed by atoms with Crippen LogP contribution in [-0.4, -0.2) is 79.5 Å². The molecular formula is C19H30N2O3S. The minimum absolute atomic E-state index is 0.274. The lowest BCUT2D eigenvalue weighted by atomic mass is 10.2. The van der Waals surface area contributed by atoms with Gasteiger partial charge in [0.25, 0.3) is 0 Å². The van der Waals surface area contributed by atoms with Crippen LogP contribution in [-0.2, 0) is 6.54 Å². The largest absolute Gasteiger partial charge is 0.493 e. The van der Waals surface area contributed by atoms with Gasteiger partial charge in [-0.25, -0.2) is 0 Å². The Hall–Kier alpha value is -1.21. The van der Waals surface area contributed by atoms with Crippen molar-refractivity contribution in [2.45, 2.75) is 12.6 Å². The summed E-state index contributed by atoms with van der Waals surface area (Å²) in [7, 11) is 3.69. The van der Waals surface area contributed by atoms with Gasteiger partial charge in [-0.05, 0) is 24.7 Å². The van der Waals surface area contributed by atoms with Crippen LogP contribution < -0.4 is 9.47 Å². The van der Waals surface area contributed by atoms with Crippen LogP contribution in [0.25, 0.3) is 0 Å². The van der Waals surface area contributed by atoms with E-state index >= 15 is 0 Å². The molecule has 1 aliphatic rings. The van der Waals surface area contributed by atoms with Crippen molar-refractivity contribution < 1.29 is 14.6 Å². The van der Waals surface area contributed by atoms with Crippen molar-refractivity contribution in [2.75, 3.05) is 58.4 Å². The van der Waals surface area contributed by atoms with Crippen molar-refractivity contribution in [3.05, 3.63) is 36.4 Å². The monoisotopic (exact) mass is 366 g/mol. The first-order valence-corrected chi connectivity index (χ1v) is 9.85. The number of methoxy groups -OCH3 is 1. The molecule has 1 aromatic rings. The highest BCUT2D eigenvalue weighted by atomic mass is 32.2. The van der Waals surface area contributed by atoms with Crippen molar-refractivity contribution in [1.82, 2.24) is 9.80 Å². The zero-order chi connectivity index (χ0) is 18.1. The van der Waals surface area contributed by atoms with Gasteiger partial charge in [0.2, 0.25) is 0 Å². The number of β-amino-alcohol motifs (C(OH)–C–C–N with tert-alkyl or cyclic N) is 1. The second kappa shape index (κ2) is 10.7. The third-order valence-electron chi connectivity index (χ3n) is 4.13. The maximum absolute atomic E-state index is 10.2. The summed E-state index contributed by atoms with van der Waals surface area (Å²) in [6, 6.07) is 5.94. The Morgan fingerprint density at radius 3 is 2.80 bits per heavy atom. The summed E-state index contributed by atoms with van der Waals surface area (Å²) < 4.78 is 11.3. The van der Waals surface area contributed by atoms with Crippen LogP contribution in [0.5, 0.6) is 11.5 Å². The summed E-state index contributed by atoms with van der Waals surface area (Å²) in [6.07, 6.45) is 1.39. The molecule has 1 aromatic carbocycles. The number of rotatable bonds is 10. The average molecular weight is 367 g/mol. The average Bonchev–Trinajstić information content (AvgIpc) is 2.61. The van der Waals surface area contributed by atoms with Crippen LogP contribution in [0.4, 0.5) is 0 Å². The van der Waals surface area contributed by atoms with Crippen LogP contribution in [0.15, 0.2) is 30.9 Å². The number of aliphatic hydroxyl groups is 1. The predicted octanol–water partition coefficient (Wildman–Crippen LogP) is 2.10. The van der Waals surface area contributed by atoms with Crippen molar-refractivity contribution in [2.24, 2.45) is 0 Å². The van der Waals surface area contributed by atoms with E-state index in [-0.39, 0.29) is 6.61 Å². The van der Waals surface area contributed by atoms with Crippen LogP contribution in [0.2, 0.25) is 0 Å². The van der Waals surface area contributed by atoms with Crippen molar-refractivity contribution in [3.8, 4) is 11.5 Å². The predicted molar refractivity (Wildman–Crippen MR) is 105 cm³/mol. The minimum Gasteiger partial charge on any atom is -0.493 e. The Morgan fingerprint density at radius 1 is 1.36 bits per heavy atom.